The van der Waals surface area contributed by atoms with Gasteiger partial charge >= 0.3 is 0 Å². The van der Waals surface area contributed by atoms with Crippen molar-refractivity contribution in [3.8, 4) is 27.9 Å². The van der Waals surface area contributed by atoms with Crippen molar-refractivity contribution in [2.45, 2.75) is 52.4 Å². The van der Waals surface area contributed by atoms with E-state index in [9.17, 15) is 0 Å². The van der Waals surface area contributed by atoms with Crippen LogP contribution in [0.5, 0.6) is 0 Å². The number of para-hydroxylation sites is 2. The van der Waals surface area contributed by atoms with Gasteiger partial charge in [-0.15, -0.1) is 0 Å². The number of aryl methyl sites for hydroxylation is 2. The third-order valence-corrected chi connectivity index (χ3v) is 12.5. The highest BCUT2D eigenvalue weighted by atomic mass is 15.0. The topological polar surface area (TPSA) is 4.93 Å². The summed E-state index contributed by atoms with van der Waals surface area (Å²) in [5.41, 5.74) is 17.3. The number of benzene rings is 8. The molecule has 11 rings (SSSR count). The third-order valence-electron chi connectivity index (χ3n) is 12.5. The lowest BCUT2D eigenvalue weighted by molar-refractivity contribution is 0.644. The highest BCUT2D eigenvalue weighted by Gasteiger charge is 2.40. The molecular weight excluding hydrogens is 591 g/mol. The lowest BCUT2D eigenvalue weighted by Crippen LogP contribution is -2.26. The smallest absolute Gasteiger partial charge is 0.0553 e. The highest BCUT2D eigenvalue weighted by molar-refractivity contribution is 6.37. The van der Waals surface area contributed by atoms with Crippen LogP contribution in [0, 0.1) is 13.8 Å². The van der Waals surface area contributed by atoms with Gasteiger partial charge in [-0.25, -0.2) is 0 Å². The first-order valence-corrected chi connectivity index (χ1v) is 17.7. The van der Waals surface area contributed by atoms with Gasteiger partial charge < -0.3 is 4.57 Å². The van der Waals surface area contributed by atoms with Gasteiger partial charge in [-0.2, -0.15) is 0 Å². The van der Waals surface area contributed by atoms with Gasteiger partial charge in [0.25, 0.3) is 0 Å². The molecule has 0 bridgehead atoms. The van der Waals surface area contributed by atoms with Crippen LogP contribution in [0.3, 0.4) is 0 Å². The predicted octanol–water partition coefficient (Wildman–Crippen LogP) is 12.9. The van der Waals surface area contributed by atoms with E-state index in [1.807, 2.05) is 0 Å². The second kappa shape index (κ2) is 8.79. The molecule has 2 aliphatic rings. The van der Waals surface area contributed by atoms with Crippen molar-refractivity contribution < 1.29 is 0 Å². The van der Waals surface area contributed by atoms with Crippen LogP contribution in [0.1, 0.15) is 61.1 Å². The molecular formula is C48H37N. The van der Waals surface area contributed by atoms with Crippen molar-refractivity contribution in [2.75, 3.05) is 0 Å². The van der Waals surface area contributed by atoms with Crippen LogP contribution in [-0.2, 0) is 10.8 Å². The first-order valence-electron chi connectivity index (χ1n) is 17.7. The van der Waals surface area contributed by atoms with Crippen LogP contribution < -0.4 is 0 Å². The summed E-state index contributed by atoms with van der Waals surface area (Å²) in [7, 11) is 0. The summed E-state index contributed by atoms with van der Waals surface area (Å²) in [6, 6.07) is 44.3. The zero-order chi connectivity index (χ0) is 33.1. The van der Waals surface area contributed by atoms with Gasteiger partial charge in [0.05, 0.1) is 16.7 Å². The summed E-state index contributed by atoms with van der Waals surface area (Å²) < 4.78 is 2.55. The molecule has 0 saturated carbocycles. The molecule has 0 radical (unpaired) electrons. The maximum Gasteiger partial charge on any atom is 0.0553 e. The molecule has 0 saturated heterocycles. The Kier molecular flexibility index (Phi) is 4.94. The van der Waals surface area contributed by atoms with Gasteiger partial charge in [-0.1, -0.05) is 113 Å². The standard InChI is InChI=1S/C48H37N/c1-26-14-13-15-27(2)46(26)49-39-21-12-9-18-31(39)42-34-25-38-44-33(30-17-8-11-20-36(30)48(38,5)6)24-32-29-16-7-10-19-35(29)47(3,4)37-22-28(23-40(42)49)41(34)45(44)43(32)37/h7-25H,1-6H3. The molecule has 1 aromatic heterocycles. The van der Waals surface area contributed by atoms with Crippen molar-refractivity contribution in [2.24, 2.45) is 0 Å². The van der Waals surface area contributed by atoms with Crippen molar-refractivity contribution in [1.82, 2.24) is 4.57 Å². The molecule has 8 aromatic carbocycles. The van der Waals surface area contributed by atoms with E-state index >= 15 is 0 Å². The van der Waals surface area contributed by atoms with Crippen LogP contribution >= 0.6 is 0 Å². The molecule has 49 heavy (non-hydrogen) atoms. The van der Waals surface area contributed by atoms with E-state index in [1.165, 1.54) is 115 Å². The van der Waals surface area contributed by atoms with Crippen molar-refractivity contribution in [1.29, 1.82) is 0 Å². The van der Waals surface area contributed by atoms with Crippen LogP contribution in [0.15, 0.2) is 115 Å². The van der Waals surface area contributed by atoms with E-state index in [4.69, 9.17) is 0 Å². The van der Waals surface area contributed by atoms with Crippen molar-refractivity contribution in [3.63, 3.8) is 0 Å². The fraction of sp³-hybridized carbons (Fsp3) is 0.167. The zero-order valence-electron chi connectivity index (χ0n) is 28.9. The molecule has 0 aliphatic heterocycles. The Morgan fingerprint density at radius 1 is 0.408 bits per heavy atom. The quantitative estimate of drug-likeness (QED) is 0.160. The Labute approximate surface area is 286 Å². The predicted molar refractivity (Wildman–Crippen MR) is 209 cm³/mol. The number of rotatable bonds is 1. The molecule has 0 N–H and O–H groups in total. The van der Waals surface area contributed by atoms with E-state index in [0.717, 1.165) is 0 Å². The van der Waals surface area contributed by atoms with Gasteiger partial charge in [-0.05, 0) is 132 Å². The first kappa shape index (κ1) is 27.5. The Morgan fingerprint density at radius 3 is 1.63 bits per heavy atom. The normalized spacial score (nSPS) is 15.5. The monoisotopic (exact) mass is 627 g/mol. The van der Waals surface area contributed by atoms with E-state index in [-0.39, 0.29) is 10.8 Å². The van der Waals surface area contributed by atoms with E-state index in [0.29, 0.717) is 0 Å². The largest absolute Gasteiger partial charge is 0.309 e. The average molecular weight is 628 g/mol. The molecule has 0 amide bonds. The number of hydrogen-bond donors (Lipinski definition) is 0. The Balaban J connectivity index is 1.47. The summed E-state index contributed by atoms with van der Waals surface area (Å²) in [6.07, 6.45) is 0. The second-order valence-electron chi connectivity index (χ2n) is 15.8. The summed E-state index contributed by atoms with van der Waals surface area (Å²) in [5, 5.41) is 11.1. The van der Waals surface area contributed by atoms with Crippen molar-refractivity contribution in [3.05, 3.63) is 149 Å². The average Bonchev–Trinajstić information content (AvgIpc) is 3.42. The molecule has 0 atom stereocenters. The van der Waals surface area contributed by atoms with Gasteiger partial charge in [-0.3, -0.25) is 0 Å². The fourth-order valence-corrected chi connectivity index (χ4v) is 10.3. The van der Waals surface area contributed by atoms with Gasteiger partial charge in [0, 0.05) is 21.6 Å². The fourth-order valence-electron chi connectivity index (χ4n) is 10.3. The van der Waals surface area contributed by atoms with Crippen LogP contribution in [-0.4, -0.2) is 4.57 Å². The maximum atomic E-state index is 2.59. The van der Waals surface area contributed by atoms with Gasteiger partial charge in [0.1, 0.15) is 0 Å². The minimum absolute atomic E-state index is 0.149. The van der Waals surface area contributed by atoms with Gasteiger partial charge in [0.15, 0.2) is 0 Å². The third kappa shape index (κ3) is 3.14. The molecule has 1 nitrogen and oxygen atoms in total. The molecule has 2 aliphatic carbocycles. The van der Waals surface area contributed by atoms with Crippen LogP contribution in [0.25, 0.3) is 82.1 Å². The Bertz CT molecular complexity index is 2890. The van der Waals surface area contributed by atoms with Crippen LogP contribution in [0.4, 0.5) is 0 Å². The first-order chi connectivity index (χ1) is 23.7. The number of nitrogens with zero attached hydrogens (tertiary/aromatic N) is 1. The molecule has 0 fully saturated rings. The number of hydrogen-bond acceptors (Lipinski definition) is 0. The number of fused-ring (bicyclic) bond motifs is 8. The SMILES string of the molecule is Cc1cccc(C)c1-n1c2ccccc2c2c3cc4c5c(cc6c7c(cc(cc21)c3c75)C(C)(C)c1ccccc1-6)-c1ccccc1C4(C)C. The summed E-state index contributed by atoms with van der Waals surface area (Å²) in [5.74, 6) is 0. The van der Waals surface area contributed by atoms with E-state index < -0.39 is 0 Å². The Hall–Kier alpha value is -5.40. The van der Waals surface area contributed by atoms with E-state index in [1.54, 1.807) is 0 Å². The molecule has 0 spiro atoms. The minimum atomic E-state index is -0.164. The summed E-state index contributed by atoms with van der Waals surface area (Å²) >= 11 is 0. The molecule has 9 aromatic rings. The van der Waals surface area contributed by atoms with E-state index in [2.05, 4.69) is 161 Å². The van der Waals surface area contributed by atoms with Gasteiger partial charge in [0.2, 0.25) is 0 Å². The summed E-state index contributed by atoms with van der Waals surface area (Å²) in [4.78, 5) is 0. The second-order valence-corrected chi connectivity index (χ2v) is 15.8. The summed E-state index contributed by atoms with van der Waals surface area (Å²) in [6.45, 7) is 14.3. The van der Waals surface area contributed by atoms with Crippen molar-refractivity contribution >= 4 is 54.1 Å². The zero-order valence-corrected chi connectivity index (χ0v) is 28.9. The molecule has 234 valence electrons. The molecule has 0 unspecified atom stereocenters. The molecule has 1 heterocycles. The Morgan fingerprint density at radius 2 is 0.980 bits per heavy atom. The lowest BCUT2D eigenvalue weighted by Gasteiger charge is -2.40. The molecule has 1 heteroatoms. The maximum absolute atomic E-state index is 2.59. The highest BCUT2D eigenvalue weighted by Crippen LogP contribution is 2.59. The number of aromatic nitrogens is 1. The van der Waals surface area contributed by atoms with Crippen LogP contribution in [0.2, 0.25) is 0 Å². The lowest BCUT2D eigenvalue weighted by atomic mass is 9.63. The minimum Gasteiger partial charge on any atom is -0.309 e.